The third-order valence-electron chi connectivity index (χ3n) is 11.7. The van der Waals surface area contributed by atoms with Gasteiger partial charge in [0.15, 0.2) is 13.8 Å². The van der Waals surface area contributed by atoms with Crippen LogP contribution in [0.1, 0.15) is 83.1 Å². The van der Waals surface area contributed by atoms with Crippen LogP contribution >= 0.6 is 22.2 Å². The molecule has 0 N–H and O–H groups in total. The SMILES string of the molecule is CC(C)C(C)(C)[Si](c1ccccc1)([Si@@](Cl)(c1ccccc1)C(C)(C)C(C)C)[Si@@](Cl)(c1ccccc1)C(C)(C)C(C)C. The first kappa shape index (κ1) is 34.4. The zero-order valence-electron chi connectivity index (χ0n) is 27.6. The molecule has 0 fully saturated rings. The van der Waals surface area contributed by atoms with Crippen LogP contribution in [-0.4, -0.2) is 20.9 Å². The van der Waals surface area contributed by atoms with E-state index in [1.54, 1.807) is 0 Å². The van der Waals surface area contributed by atoms with Gasteiger partial charge in [-0.2, -0.15) is 22.2 Å². The minimum absolute atomic E-state index is 0.125. The molecule has 0 aliphatic heterocycles. The molecule has 0 aromatic heterocycles. The molecule has 0 heterocycles. The summed E-state index contributed by atoms with van der Waals surface area (Å²) in [5.41, 5.74) is 0. The van der Waals surface area contributed by atoms with E-state index in [4.69, 9.17) is 22.2 Å². The Kier molecular flexibility index (Phi) is 10.2. The summed E-state index contributed by atoms with van der Waals surface area (Å²) in [6, 6.07) is 34.0. The zero-order chi connectivity index (χ0) is 31.1. The maximum absolute atomic E-state index is 9.03. The van der Waals surface area contributed by atoms with Crippen LogP contribution < -0.4 is 15.6 Å². The lowest BCUT2D eigenvalue weighted by Gasteiger charge is -2.68. The second kappa shape index (κ2) is 12.1. The van der Waals surface area contributed by atoms with Gasteiger partial charge in [-0.3, -0.25) is 0 Å². The molecule has 0 spiro atoms. The summed E-state index contributed by atoms with van der Waals surface area (Å²) in [5, 5.41) is 3.70. The largest absolute Gasteiger partial charge is 0.187 e. The van der Waals surface area contributed by atoms with Gasteiger partial charge in [0.2, 0.25) is 0 Å². The monoisotopic (exact) mass is 640 g/mol. The predicted molar refractivity (Wildman–Crippen MR) is 194 cm³/mol. The van der Waals surface area contributed by atoms with Crippen molar-refractivity contribution in [2.24, 2.45) is 17.8 Å². The highest BCUT2D eigenvalue weighted by Crippen LogP contribution is 2.66. The summed E-state index contributed by atoms with van der Waals surface area (Å²) >= 11 is 18.1. The number of hydrogen-bond acceptors (Lipinski definition) is 0. The van der Waals surface area contributed by atoms with Crippen LogP contribution in [0.15, 0.2) is 91.0 Å². The second-order valence-corrected chi connectivity index (χ2v) is 40.3. The summed E-state index contributed by atoms with van der Waals surface area (Å²) in [6.07, 6.45) is 0. The third kappa shape index (κ3) is 4.90. The van der Waals surface area contributed by atoms with Gasteiger partial charge in [0, 0.05) is 0 Å². The molecule has 0 bridgehead atoms. The van der Waals surface area contributed by atoms with E-state index in [9.17, 15) is 0 Å². The van der Waals surface area contributed by atoms with Gasteiger partial charge in [-0.1, -0.05) is 179 Å². The minimum atomic E-state index is -3.07. The Morgan fingerprint density at radius 1 is 0.415 bits per heavy atom. The van der Waals surface area contributed by atoms with E-state index in [2.05, 4.69) is 174 Å². The standard InChI is InChI=1S/C36H54Cl2Si3/c1-28(2)34(7,8)39(37,31-22-16-13-17-23-31)41(36(11,12)30(5)6,33-26-20-15-21-27-33)40(38,35(9,10)29(3)4)32-24-18-14-19-25-32/h13-30H,1-12H3/t39-,40-/m0/s1. The highest BCUT2D eigenvalue weighted by atomic mass is 35.6. The molecule has 0 nitrogen and oxygen atoms in total. The van der Waals surface area contributed by atoms with E-state index in [0.29, 0.717) is 17.8 Å². The van der Waals surface area contributed by atoms with Crippen LogP contribution in [0.2, 0.25) is 15.1 Å². The van der Waals surface area contributed by atoms with Crippen molar-refractivity contribution < 1.29 is 0 Å². The molecule has 0 saturated carbocycles. The third-order valence-corrected chi connectivity index (χ3v) is 60.7. The molecular weight excluding hydrogens is 588 g/mol. The fourth-order valence-corrected chi connectivity index (χ4v) is 72.9. The fourth-order valence-electron chi connectivity index (χ4n) is 7.29. The van der Waals surface area contributed by atoms with E-state index >= 15 is 0 Å². The lowest BCUT2D eigenvalue weighted by atomic mass is 9.99. The van der Waals surface area contributed by atoms with Crippen LogP contribution in [0.5, 0.6) is 0 Å². The van der Waals surface area contributed by atoms with Gasteiger partial charge in [0.05, 0.1) is 0 Å². The van der Waals surface area contributed by atoms with Crippen LogP contribution in [-0.2, 0) is 0 Å². The Morgan fingerprint density at radius 3 is 0.902 bits per heavy atom. The Morgan fingerprint density at radius 2 is 0.659 bits per heavy atom. The molecule has 224 valence electrons. The Labute approximate surface area is 264 Å². The van der Waals surface area contributed by atoms with Crippen molar-refractivity contribution in [3.63, 3.8) is 0 Å². The molecule has 0 unspecified atom stereocenters. The van der Waals surface area contributed by atoms with Gasteiger partial charge in [0.1, 0.15) is 7.11 Å². The molecule has 0 radical (unpaired) electrons. The van der Waals surface area contributed by atoms with Crippen LogP contribution in [0.4, 0.5) is 0 Å². The van der Waals surface area contributed by atoms with Crippen molar-refractivity contribution in [3.05, 3.63) is 91.0 Å². The molecule has 5 heteroatoms. The lowest BCUT2D eigenvalue weighted by molar-refractivity contribution is 0.448. The smallest absolute Gasteiger partial charge is 0.164 e. The number of hydrogen-bond donors (Lipinski definition) is 0. The van der Waals surface area contributed by atoms with E-state index in [1.165, 1.54) is 15.6 Å². The van der Waals surface area contributed by atoms with E-state index in [1.807, 2.05) is 0 Å². The first-order valence-corrected chi connectivity index (χ1v) is 25.5. The van der Waals surface area contributed by atoms with Gasteiger partial charge in [-0.05, 0) is 43.2 Å². The van der Waals surface area contributed by atoms with E-state index < -0.39 is 20.9 Å². The molecule has 3 aromatic rings. The van der Waals surface area contributed by atoms with Crippen molar-refractivity contribution in [2.45, 2.75) is 98.2 Å². The number of halogens is 2. The summed E-state index contributed by atoms with van der Waals surface area (Å²) in [6.45, 7) is 23.2. The quantitative estimate of drug-likeness (QED) is 0.144. The minimum Gasteiger partial charge on any atom is -0.164 e. The topological polar surface area (TPSA) is 0 Å². The first-order valence-electron chi connectivity index (χ1n) is 15.4. The normalized spacial score (nSPS) is 16.6. The Balaban J connectivity index is 2.90. The van der Waals surface area contributed by atoms with E-state index in [-0.39, 0.29) is 15.1 Å². The van der Waals surface area contributed by atoms with Gasteiger partial charge < -0.3 is 0 Å². The molecule has 3 rings (SSSR count). The van der Waals surface area contributed by atoms with Crippen molar-refractivity contribution in [1.82, 2.24) is 0 Å². The van der Waals surface area contributed by atoms with Crippen molar-refractivity contribution in [3.8, 4) is 0 Å². The molecule has 0 amide bonds. The van der Waals surface area contributed by atoms with Gasteiger partial charge in [-0.15, -0.1) is 0 Å². The number of rotatable bonds is 11. The average Bonchev–Trinajstić information content (AvgIpc) is 2.94. The highest BCUT2D eigenvalue weighted by Gasteiger charge is 2.81. The Hall–Kier alpha value is -1.11. The fraction of sp³-hybridized carbons (Fsp3) is 0.500. The summed E-state index contributed by atoms with van der Waals surface area (Å²) in [7, 11) is -3.04. The van der Waals surface area contributed by atoms with E-state index in [0.717, 1.165) is 0 Å². The average molecular weight is 642 g/mol. The van der Waals surface area contributed by atoms with Crippen LogP contribution in [0, 0.1) is 17.8 Å². The van der Waals surface area contributed by atoms with Gasteiger partial charge in [-0.25, -0.2) is 0 Å². The molecule has 0 aliphatic carbocycles. The van der Waals surface area contributed by atoms with Crippen molar-refractivity contribution in [2.75, 3.05) is 0 Å². The van der Waals surface area contributed by atoms with Crippen LogP contribution in [0.25, 0.3) is 0 Å². The maximum atomic E-state index is 9.03. The van der Waals surface area contributed by atoms with Crippen LogP contribution in [0.3, 0.4) is 0 Å². The van der Waals surface area contributed by atoms with Gasteiger partial charge in [0.25, 0.3) is 0 Å². The van der Waals surface area contributed by atoms with Gasteiger partial charge >= 0.3 is 0 Å². The maximum Gasteiger partial charge on any atom is 0.187 e. The number of benzene rings is 3. The molecule has 0 aliphatic rings. The lowest BCUT2D eigenvalue weighted by Crippen LogP contribution is -2.94. The summed E-state index contributed by atoms with van der Waals surface area (Å²) in [4.78, 5) is 0. The molecule has 2 atom stereocenters. The second-order valence-electron chi connectivity index (χ2n) is 14.8. The first-order chi connectivity index (χ1) is 18.9. The summed E-state index contributed by atoms with van der Waals surface area (Å²) < 4.78 is 0. The van der Waals surface area contributed by atoms with Crippen molar-refractivity contribution >= 4 is 58.6 Å². The summed E-state index contributed by atoms with van der Waals surface area (Å²) in [5.74, 6) is 1.13. The zero-order valence-corrected chi connectivity index (χ0v) is 32.2. The highest BCUT2D eigenvalue weighted by molar-refractivity contribution is 7.93. The molecule has 0 saturated heterocycles. The molecular formula is C36H54Cl2Si3. The Bertz CT molecular complexity index is 1200. The van der Waals surface area contributed by atoms with Crippen molar-refractivity contribution in [1.29, 1.82) is 0 Å². The predicted octanol–water partition coefficient (Wildman–Crippen LogP) is 9.99. The molecule has 41 heavy (non-hydrogen) atoms. The molecule has 3 aromatic carbocycles.